The fraction of sp³-hybridized carbons (Fsp3) is 0.263. The maximum absolute atomic E-state index is 12.5. The topological polar surface area (TPSA) is 76.7 Å². The van der Waals surface area contributed by atoms with E-state index in [4.69, 9.17) is 9.47 Å². The molecule has 1 aliphatic rings. The first-order valence-electron chi connectivity index (χ1n) is 7.99. The minimum atomic E-state index is -0.536. The van der Waals surface area contributed by atoms with E-state index in [0.29, 0.717) is 17.1 Å². The summed E-state index contributed by atoms with van der Waals surface area (Å²) >= 11 is 0. The molecule has 6 nitrogen and oxygen atoms in total. The van der Waals surface area contributed by atoms with Gasteiger partial charge in [0, 0.05) is 5.56 Å². The van der Waals surface area contributed by atoms with Crippen LogP contribution in [0.5, 0.6) is 11.5 Å². The van der Waals surface area contributed by atoms with E-state index in [0.717, 1.165) is 18.4 Å². The Hall–Kier alpha value is -3.02. The largest absolute Gasteiger partial charge is 0.493 e. The van der Waals surface area contributed by atoms with Gasteiger partial charge in [-0.1, -0.05) is 30.3 Å². The molecule has 0 aromatic heterocycles. The Morgan fingerprint density at radius 2 is 1.60 bits per heavy atom. The Labute approximate surface area is 146 Å². The number of benzene rings is 2. The lowest BCUT2D eigenvalue weighted by molar-refractivity contribution is -0.124. The average Bonchev–Trinajstić information content (AvgIpc) is 3.48. The van der Waals surface area contributed by atoms with Crippen molar-refractivity contribution >= 4 is 11.8 Å². The molecule has 0 aliphatic heterocycles. The van der Waals surface area contributed by atoms with Gasteiger partial charge in [-0.3, -0.25) is 20.4 Å². The minimum Gasteiger partial charge on any atom is -0.493 e. The van der Waals surface area contributed by atoms with Gasteiger partial charge in [-0.05, 0) is 36.6 Å². The molecule has 130 valence electrons. The van der Waals surface area contributed by atoms with Crippen molar-refractivity contribution in [2.24, 2.45) is 0 Å². The van der Waals surface area contributed by atoms with Gasteiger partial charge >= 0.3 is 0 Å². The van der Waals surface area contributed by atoms with Gasteiger partial charge in [0.15, 0.2) is 11.5 Å². The van der Waals surface area contributed by atoms with Crippen LogP contribution in [0.15, 0.2) is 48.5 Å². The van der Waals surface area contributed by atoms with Gasteiger partial charge in [0.25, 0.3) is 5.91 Å². The molecule has 1 fully saturated rings. The van der Waals surface area contributed by atoms with Crippen LogP contribution in [0.25, 0.3) is 0 Å². The molecule has 25 heavy (non-hydrogen) atoms. The van der Waals surface area contributed by atoms with Crippen LogP contribution in [0.4, 0.5) is 0 Å². The molecule has 6 heteroatoms. The summed E-state index contributed by atoms with van der Waals surface area (Å²) in [6, 6.07) is 14.4. The van der Waals surface area contributed by atoms with E-state index < -0.39 is 11.3 Å². The first-order chi connectivity index (χ1) is 12.1. The molecule has 2 amide bonds. The summed E-state index contributed by atoms with van der Waals surface area (Å²) in [6.07, 6.45) is 1.55. The SMILES string of the molecule is COc1ccc(C(=O)NNC(=O)C2(c3ccccc3)CC2)cc1OC. The summed E-state index contributed by atoms with van der Waals surface area (Å²) in [5.41, 5.74) is 5.80. The molecule has 0 radical (unpaired) electrons. The number of hydrogen-bond acceptors (Lipinski definition) is 4. The lowest BCUT2D eigenvalue weighted by Crippen LogP contribution is -2.46. The second-order valence-corrected chi connectivity index (χ2v) is 5.93. The number of hydrazine groups is 1. The third kappa shape index (κ3) is 3.28. The Morgan fingerprint density at radius 3 is 2.20 bits per heavy atom. The fourth-order valence-corrected chi connectivity index (χ4v) is 2.81. The number of carbonyl (C=O) groups excluding carboxylic acids is 2. The van der Waals surface area contributed by atoms with Crippen molar-refractivity contribution < 1.29 is 19.1 Å². The zero-order valence-electron chi connectivity index (χ0n) is 14.2. The van der Waals surface area contributed by atoms with E-state index in [1.165, 1.54) is 14.2 Å². The molecular weight excluding hydrogens is 320 g/mol. The van der Waals surface area contributed by atoms with Gasteiger partial charge in [0.1, 0.15) is 0 Å². The number of nitrogens with one attached hydrogen (secondary N) is 2. The highest BCUT2D eigenvalue weighted by Gasteiger charge is 2.51. The molecule has 1 saturated carbocycles. The van der Waals surface area contributed by atoms with E-state index in [1.54, 1.807) is 18.2 Å². The molecule has 0 unspecified atom stereocenters. The molecule has 3 rings (SSSR count). The number of carbonyl (C=O) groups is 2. The molecule has 0 atom stereocenters. The van der Waals surface area contributed by atoms with Gasteiger partial charge in [-0.2, -0.15) is 0 Å². The van der Waals surface area contributed by atoms with Crippen molar-refractivity contribution in [3.05, 3.63) is 59.7 Å². The zero-order chi connectivity index (χ0) is 17.9. The summed E-state index contributed by atoms with van der Waals surface area (Å²) in [5, 5.41) is 0. The predicted octanol–water partition coefficient (Wildman–Crippen LogP) is 2.20. The molecule has 0 spiro atoms. The molecule has 0 saturated heterocycles. The van der Waals surface area contributed by atoms with Crippen LogP contribution < -0.4 is 20.3 Å². The van der Waals surface area contributed by atoms with Gasteiger partial charge in [-0.15, -0.1) is 0 Å². The lowest BCUT2D eigenvalue weighted by atomic mass is 9.95. The molecular formula is C19H20N2O4. The predicted molar refractivity (Wildman–Crippen MR) is 92.5 cm³/mol. The van der Waals surface area contributed by atoms with E-state index in [2.05, 4.69) is 10.9 Å². The summed E-state index contributed by atoms with van der Waals surface area (Å²) in [5.74, 6) is 0.360. The molecule has 2 N–H and O–H groups in total. The van der Waals surface area contributed by atoms with Crippen LogP contribution in [0.3, 0.4) is 0 Å². The van der Waals surface area contributed by atoms with Crippen molar-refractivity contribution in [1.29, 1.82) is 0 Å². The second-order valence-electron chi connectivity index (χ2n) is 5.93. The third-order valence-corrected chi connectivity index (χ3v) is 4.45. The van der Waals surface area contributed by atoms with Crippen molar-refractivity contribution in [2.75, 3.05) is 14.2 Å². The Bertz CT molecular complexity index is 785. The number of methoxy groups -OCH3 is 2. The van der Waals surface area contributed by atoms with E-state index in [9.17, 15) is 9.59 Å². The monoisotopic (exact) mass is 340 g/mol. The van der Waals surface area contributed by atoms with Crippen LogP contribution in [0, 0.1) is 0 Å². The average molecular weight is 340 g/mol. The van der Waals surface area contributed by atoms with E-state index in [-0.39, 0.29) is 5.91 Å². The molecule has 0 heterocycles. The van der Waals surface area contributed by atoms with Crippen LogP contribution >= 0.6 is 0 Å². The number of ether oxygens (including phenoxy) is 2. The van der Waals surface area contributed by atoms with Gasteiger partial charge in [0.2, 0.25) is 5.91 Å². The van der Waals surface area contributed by atoms with E-state index in [1.807, 2.05) is 30.3 Å². The summed E-state index contributed by atoms with van der Waals surface area (Å²) in [4.78, 5) is 24.8. The minimum absolute atomic E-state index is 0.201. The molecule has 0 bridgehead atoms. The van der Waals surface area contributed by atoms with Crippen LogP contribution in [0.1, 0.15) is 28.8 Å². The Morgan fingerprint density at radius 1 is 0.920 bits per heavy atom. The van der Waals surface area contributed by atoms with Gasteiger partial charge in [0.05, 0.1) is 19.6 Å². The second kappa shape index (κ2) is 6.84. The van der Waals surface area contributed by atoms with Crippen molar-refractivity contribution in [1.82, 2.24) is 10.9 Å². The summed E-state index contributed by atoms with van der Waals surface area (Å²) in [7, 11) is 3.02. The number of hydrogen-bond donors (Lipinski definition) is 2. The summed E-state index contributed by atoms with van der Waals surface area (Å²) < 4.78 is 10.3. The molecule has 2 aromatic carbocycles. The molecule has 2 aromatic rings. The third-order valence-electron chi connectivity index (χ3n) is 4.45. The van der Waals surface area contributed by atoms with E-state index >= 15 is 0 Å². The highest BCUT2D eigenvalue weighted by Crippen LogP contribution is 2.48. The van der Waals surface area contributed by atoms with Crippen molar-refractivity contribution in [2.45, 2.75) is 18.3 Å². The van der Waals surface area contributed by atoms with Crippen molar-refractivity contribution in [3.8, 4) is 11.5 Å². The zero-order valence-corrected chi connectivity index (χ0v) is 14.2. The normalized spacial score (nSPS) is 14.3. The maximum atomic E-state index is 12.5. The smallest absolute Gasteiger partial charge is 0.269 e. The number of rotatable bonds is 5. The summed E-state index contributed by atoms with van der Waals surface area (Å²) in [6.45, 7) is 0. The first kappa shape index (κ1) is 16.8. The van der Waals surface area contributed by atoms with Gasteiger partial charge in [-0.25, -0.2) is 0 Å². The van der Waals surface area contributed by atoms with Crippen molar-refractivity contribution in [3.63, 3.8) is 0 Å². The quantitative estimate of drug-likeness (QED) is 0.818. The highest BCUT2D eigenvalue weighted by atomic mass is 16.5. The Kier molecular flexibility index (Phi) is 4.61. The van der Waals surface area contributed by atoms with Crippen LogP contribution in [-0.4, -0.2) is 26.0 Å². The highest BCUT2D eigenvalue weighted by molar-refractivity contribution is 5.98. The standard InChI is InChI=1S/C19H20N2O4/c1-24-15-9-8-13(12-16(15)25-2)17(22)20-21-18(23)19(10-11-19)14-6-4-3-5-7-14/h3-9,12H,10-11H2,1-2H3,(H,20,22)(H,21,23). The van der Waals surface area contributed by atoms with Gasteiger partial charge < -0.3 is 9.47 Å². The number of amides is 2. The fourth-order valence-electron chi connectivity index (χ4n) is 2.81. The molecule has 1 aliphatic carbocycles. The van der Waals surface area contributed by atoms with Crippen LogP contribution in [-0.2, 0) is 10.2 Å². The Balaban J connectivity index is 1.66. The van der Waals surface area contributed by atoms with Crippen LogP contribution in [0.2, 0.25) is 0 Å². The lowest BCUT2D eigenvalue weighted by Gasteiger charge is -2.16. The maximum Gasteiger partial charge on any atom is 0.269 e. The first-order valence-corrected chi connectivity index (χ1v) is 7.99.